The number of esters is 1. The Labute approximate surface area is 288 Å². The van der Waals surface area contributed by atoms with Gasteiger partial charge in [0.05, 0.1) is 18.1 Å². The number of aromatic amines is 1. The van der Waals surface area contributed by atoms with E-state index >= 15 is 0 Å². The maximum Gasteiger partial charge on any atom is 0.323 e. The third kappa shape index (κ3) is 9.00. The number of benzene rings is 3. The molecule has 256 valence electrons. The van der Waals surface area contributed by atoms with E-state index < -0.39 is 18.0 Å². The van der Waals surface area contributed by atoms with Gasteiger partial charge in [-0.3, -0.25) is 14.5 Å². The van der Waals surface area contributed by atoms with E-state index in [-0.39, 0.29) is 37.0 Å². The van der Waals surface area contributed by atoms with E-state index in [2.05, 4.69) is 37.8 Å². The molecular weight excluding hydrogens is 648 g/mol. The molecule has 0 radical (unpaired) electrons. The highest BCUT2D eigenvalue weighted by Crippen LogP contribution is 2.30. The number of carbonyl (C=O) groups is 2. The minimum absolute atomic E-state index is 0.0318. The normalized spacial score (nSPS) is 11.8. The fraction of sp³-hybridized carbons (Fsp3) is 0.314. The predicted octanol–water partition coefficient (Wildman–Crippen LogP) is 5.76. The minimum atomic E-state index is -1.02. The molecule has 0 unspecified atom stereocenters. The van der Waals surface area contributed by atoms with Gasteiger partial charge in [-0.2, -0.15) is 5.21 Å². The third-order valence-corrected chi connectivity index (χ3v) is 8.49. The minimum Gasteiger partial charge on any atom is -0.506 e. The largest absolute Gasteiger partial charge is 0.506 e. The van der Waals surface area contributed by atoms with Crippen molar-refractivity contribution < 1.29 is 24.5 Å². The number of phenolic OH excluding ortho intramolecular Hbond substituents is 1. The number of para-hydroxylation sites is 2. The van der Waals surface area contributed by atoms with Crippen molar-refractivity contribution in [2.75, 3.05) is 19.0 Å². The Kier molecular flexibility index (Phi) is 12.0. The molecule has 0 aliphatic heterocycles. The van der Waals surface area contributed by atoms with Crippen molar-refractivity contribution in [2.45, 2.75) is 58.2 Å². The lowest BCUT2D eigenvalue weighted by molar-refractivity contribution is -0.151. The van der Waals surface area contributed by atoms with Gasteiger partial charge in [0.25, 0.3) is 0 Å². The standard InChI is InChI=1S/C35H39ClN8O5/c1-3-4-13-31-38-33(36)29(21-49-35(48)28(18-19-32(46)47)43(2)22-37-27-11-7-8-12-30(27)45)44(31)20-23-14-16-24(17-15-23)25-9-5-6-10-26(25)34-39-41-42-40-34/h5-12,14-17,28,37,45H,3-4,13,18-22H2,1-2H3,(H,46,47)(H,39,40,41,42)/t28-/m0/s1. The molecule has 0 spiro atoms. The second-order valence-electron chi connectivity index (χ2n) is 11.6. The number of ether oxygens (including phenoxy) is 1. The number of aryl methyl sites for hydroxylation is 1. The average molecular weight is 687 g/mol. The molecule has 2 aromatic heterocycles. The lowest BCUT2D eigenvalue weighted by Crippen LogP contribution is -2.42. The van der Waals surface area contributed by atoms with Crippen LogP contribution in [0.5, 0.6) is 5.75 Å². The molecule has 0 amide bonds. The van der Waals surface area contributed by atoms with Crippen LogP contribution in [-0.4, -0.2) is 77.0 Å². The molecule has 49 heavy (non-hydrogen) atoms. The molecule has 0 aliphatic carbocycles. The van der Waals surface area contributed by atoms with Crippen LogP contribution < -0.4 is 5.32 Å². The van der Waals surface area contributed by atoms with E-state index in [4.69, 9.17) is 16.3 Å². The maximum atomic E-state index is 13.5. The van der Waals surface area contributed by atoms with Crippen LogP contribution in [0.4, 0.5) is 5.69 Å². The first-order chi connectivity index (χ1) is 23.7. The first kappa shape index (κ1) is 35.0. The SMILES string of the molecule is CCCCc1nc(Cl)c(COC(=O)[C@H](CCC(=O)O)N(C)CNc2ccccc2O)n1Cc1ccc(-c2ccccc2-c2nn[nH]n2)cc1. The topological polar surface area (TPSA) is 171 Å². The molecule has 0 fully saturated rings. The molecule has 5 aromatic rings. The molecule has 0 saturated heterocycles. The summed E-state index contributed by atoms with van der Waals surface area (Å²) in [6.07, 6.45) is 2.38. The number of carboxylic acid groups (broad SMARTS) is 1. The van der Waals surface area contributed by atoms with Gasteiger partial charge in [-0.15, -0.1) is 10.2 Å². The molecule has 13 nitrogen and oxygen atoms in total. The number of nitrogens with zero attached hydrogens (tertiary/aromatic N) is 6. The molecular formula is C35H39ClN8O5. The Morgan fingerprint density at radius 1 is 1.06 bits per heavy atom. The van der Waals surface area contributed by atoms with Crippen molar-refractivity contribution >= 4 is 29.2 Å². The van der Waals surface area contributed by atoms with E-state index in [0.29, 0.717) is 30.2 Å². The summed E-state index contributed by atoms with van der Waals surface area (Å²) in [5, 5.41) is 37.3. The summed E-state index contributed by atoms with van der Waals surface area (Å²) in [6.45, 7) is 2.57. The second kappa shape index (κ2) is 16.7. The van der Waals surface area contributed by atoms with Gasteiger partial charge in [-0.05, 0) is 53.9 Å². The Hall–Kier alpha value is -5.27. The average Bonchev–Trinajstić information content (AvgIpc) is 3.74. The van der Waals surface area contributed by atoms with Crippen LogP contribution in [0.3, 0.4) is 0 Å². The number of H-pyrrole nitrogens is 1. The number of tetrazole rings is 1. The zero-order valence-electron chi connectivity index (χ0n) is 27.3. The number of anilines is 1. The zero-order chi connectivity index (χ0) is 34.8. The number of hydrogen-bond acceptors (Lipinski definition) is 10. The third-order valence-electron chi connectivity index (χ3n) is 8.19. The van der Waals surface area contributed by atoms with Gasteiger partial charge in [-0.25, -0.2) is 4.98 Å². The van der Waals surface area contributed by atoms with Crippen molar-refractivity contribution in [3.8, 4) is 28.3 Å². The van der Waals surface area contributed by atoms with Gasteiger partial charge in [0.1, 0.15) is 24.2 Å². The summed E-state index contributed by atoms with van der Waals surface area (Å²) in [5.74, 6) is -0.255. The highest BCUT2D eigenvalue weighted by atomic mass is 35.5. The number of aromatic hydroxyl groups is 1. The number of hydrogen-bond donors (Lipinski definition) is 4. The van der Waals surface area contributed by atoms with Crippen molar-refractivity contribution in [1.29, 1.82) is 0 Å². The van der Waals surface area contributed by atoms with Gasteiger partial charge in [-0.1, -0.05) is 85.6 Å². The summed E-state index contributed by atoms with van der Waals surface area (Å²) in [4.78, 5) is 31.2. The lowest BCUT2D eigenvalue weighted by atomic mass is 9.98. The number of phenols is 1. The van der Waals surface area contributed by atoms with Gasteiger partial charge in [0.2, 0.25) is 5.82 Å². The molecule has 2 heterocycles. The summed E-state index contributed by atoms with van der Waals surface area (Å²) < 4.78 is 7.80. The monoisotopic (exact) mass is 686 g/mol. The second-order valence-corrected chi connectivity index (χ2v) is 12.0. The lowest BCUT2D eigenvalue weighted by Gasteiger charge is -2.27. The molecule has 3 aromatic carbocycles. The van der Waals surface area contributed by atoms with Crippen molar-refractivity contribution in [1.82, 2.24) is 35.1 Å². The fourth-order valence-electron chi connectivity index (χ4n) is 5.49. The van der Waals surface area contributed by atoms with Crippen LogP contribution in [-0.2, 0) is 33.9 Å². The summed E-state index contributed by atoms with van der Waals surface area (Å²) >= 11 is 6.66. The summed E-state index contributed by atoms with van der Waals surface area (Å²) in [5.41, 5.74) is 4.85. The van der Waals surface area contributed by atoms with Crippen molar-refractivity contribution in [3.63, 3.8) is 0 Å². The van der Waals surface area contributed by atoms with Crippen LogP contribution >= 0.6 is 11.6 Å². The quantitative estimate of drug-likeness (QED) is 0.0533. The fourth-order valence-corrected chi connectivity index (χ4v) is 5.74. The van der Waals surface area contributed by atoms with Crippen LogP contribution in [0.1, 0.15) is 49.7 Å². The van der Waals surface area contributed by atoms with Crippen LogP contribution in [0.15, 0.2) is 72.8 Å². The van der Waals surface area contributed by atoms with Gasteiger partial charge >= 0.3 is 11.9 Å². The number of imidazole rings is 1. The van der Waals surface area contributed by atoms with E-state index in [1.54, 1.807) is 36.2 Å². The Balaban J connectivity index is 1.33. The number of nitrogens with one attached hydrogen (secondary N) is 2. The molecule has 5 rings (SSSR count). The van der Waals surface area contributed by atoms with Crippen LogP contribution in [0, 0.1) is 0 Å². The highest BCUT2D eigenvalue weighted by molar-refractivity contribution is 6.30. The van der Waals surface area contributed by atoms with E-state index in [1.165, 1.54) is 0 Å². The van der Waals surface area contributed by atoms with Crippen molar-refractivity contribution in [3.05, 3.63) is 95.0 Å². The summed E-state index contributed by atoms with van der Waals surface area (Å²) in [6, 6.07) is 21.8. The van der Waals surface area contributed by atoms with Crippen molar-refractivity contribution in [2.24, 2.45) is 0 Å². The van der Waals surface area contributed by atoms with Gasteiger partial charge in [0.15, 0.2) is 5.15 Å². The van der Waals surface area contributed by atoms with E-state index in [0.717, 1.165) is 40.9 Å². The molecule has 14 heteroatoms. The van der Waals surface area contributed by atoms with E-state index in [9.17, 15) is 19.8 Å². The number of carbonyl (C=O) groups excluding carboxylic acids is 1. The number of unbranched alkanes of at least 4 members (excludes halogenated alkanes) is 1. The van der Waals surface area contributed by atoms with Gasteiger partial charge < -0.3 is 24.8 Å². The molecule has 0 aliphatic rings. The summed E-state index contributed by atoms with van der Waals surface area (Å²) in [7, 11) is 1.69. The smallest absolute Gasteiger partial charge is 0.323 e. The number of carboxylic acids is 1. The number of likely N-dealkylation sites (N-methyl/N-ethyl adjacent to an activating group) is 1. The van der Waals surface area contributed by atoms with Gasteiger partial charge in [0, 0.05) is 24.9 Å². The Morgan fingerprint density at radius 2 is 1.80 bits per heavy atom. The molecule has 4 N–H and O–H groups in total. The van der Waals surface area contributed by atoms with Crippen LogP contribution in [0.25, 0.3) is 22.5 Å². The molecule has 0 saturated carbocycles. The Bertz CT molecular complexity index is 1850. The zero-order valence-corrected chi connectivity index (χ0v) is 28.1. The molecule has 1 atom stereocenters. The maximum absolute atomic E-state index is 13.5. The predicted molar refractivity (Wildman–Crippen MR) is 185 cm³/mol. The molecule has 0 bridgehead atoms. The number of aromatic nitrogens is 6. The van der Waals surface area contributed by atoms with Crippen LogP contribution in [0.2, 0.25) is 5.15 Å². The number of halogens is 1. The van der Waals surface area contributed by atoms with E-state index in [1.807, 2.05) is 53.1 Å². The highest BCUT2D eigenvalue weighted by Gasteiger charge is 2.27. The number of rotatable bonds is 17. The first-order valence-electron chi connectivity index (χ1n) is 16.0. The Morgan fingerprint density at radius 3 is 2.49 bits per heavy atom. The number of aliphatic carboxylic acids is 1. The first-order valence-corrected chi connectivity index (χ1v) is 16.4.